The molecule has 30 heavy (non-hydrogen) atoms. The zero-order valence-corrected chi connectivity index (χ0v) is 16.5. The molecule has 1 aliphatic carbocycles. The second-order valence-electron chi connectivity index (χ2n) is 7.22. The third-order valence-corrected chi connectivity index (χ3v) is 5.16. The number of hydrogen-bond acceptors (Lipinski definition) is 4. The predicted molar refractivity (Wildman–Crippen MR) is 107 cm³/mol. The van der Waals surface area contributed by atoms with E-state index in [4.69, 9.17) is 19.8 Å². The van der Waals surface area contributed by atoms with Crippen molar-refractivity contribution in [2.24, 2.45) is 0 Å². The summed E-state index contributed by atoms with van der Waals surface area (Å²) in [5.74, 6) is -2.38. The highest BCUT2D eigenvalue weighted by Gasteiger charge is 2.51. The Morgan fingerprint density at radius 3 is 1.23 bits per heavy atom. The Morgan fingerprint density at radius 2 is 0.933 bits per heavy atom. The van der Waals surface area contributed by atoms with Crippen LogP contribution in [0.3, 0.4) is 0 Å². The molecule has 0 spiro atoms. The number of nitrogens with one attached hydrogen (secondary N) is 2. The molecule has 8 heteroatoms. The van der Waals surface area contributed by atoms with E-state index in [0.29, 0.717) is 0 Å². The summed E-state index contributed by atoms with van der Waals surface area (Å²) in [6, 6.07) is 15.4. The van der Waals surface area contributed by atoms with Crippen molar-refractivity contribution in [1.29, 1.82) is 0 Å². The number of carbonyl (C=O) groups is 4. The number of rotatable bonds is 0. The quantitative estimate of drug-likeness (QED) is 0.526. The highest BCUT2D eigenvalue weighted by Crippen LogP contribution is 2.51. The van der Waals surface area contributed by atoms with Crippen LogP contribution in [0.25, 0.3) is 0 Å². The Morgan fingerprint density at radius 1 is 0.667 bits per heavy atom. The first-order valence-corrected chi connectivity index (χ1v) is 9.39. The molecule has 2 heterocycles. The molecule has 2 aliphatic heterocycles. The molecule has 0 saturated carbocycles. The fourth-order valence-electron chi connectivity index (χ4n) is 4.27. The maximum absolute atomic E-state index is 12.6. The van der Waals surface area contributed by atoms with Crippen LogP contribution in [0.15, 0.2) is 48.5 Å². The third kappa shape index (κ3) is 3.89. The summed E-state index contributed by atoms with van der Waals surface area (Å²) >= 11 is 0. The molecule has 8 nitrogen and oxygen atoms in total. The summed E-state index contributed by atoms with van der Waals surface area (Å²) in [4.78, 5) is 43.3. The first kappa shape index (κ1) is 21.0. The van der Waals surface area contributed by atoms with Gasteiger partial charge in [-0.1, -0.05) is 48.5 Å². The van der Waals surface area contributed by atoms with Gasteiger partial charge in [-0.15, -0.1) is 0 Å². The van der Waals surface area contributed by atoms with E-state index in [0.717, 1.165) is 36.1 Å². The van der Waals surface area contributed by atoms with E-state index in [9.17, 15) is 9.59 Å². The van der Waals surface area contributed by atoms with Crippen LogP contribution in [0, 0.1) is 0 Å². The molecule has 0 saturated heterocycles. The first-order chi connectivity index (χ1) is 14.2. The van der Waals surface area contributed by atoms with E-state index in [2.05, 4.69) is 10.6 Å². The maximum Gasteiger partial charge on any atom is 0.300 e. The summed E-state index contributed by atoms with van der Waals surface area (Å²) in [6.07, 6.45) is 0. The largest absolute Gasteiger partial charge is 0.481 e. The highest BCUT2D eigenvalue weighted by molar-refractivity contribution is 5.96. The first-order valence-electron chi connectivity index (χ1n) is 9.39. The van der Waals surface area contributed by atoms with Crippen LogP contribution in [0.2, 0.25) is 0 Å². The van der Waals surface area contributed by atoms with E-state index in [1.54, 1.807) is 0 Å². The Hall–Kier alpha value is -3.68. The lowest BCUT2D eigenvalue weighted by molar-refractivity contribution is -0.135. The summed E-state index contributed by atoms with van der Waals surface area (Å²) in [6.45, 7) is 2.17. The van der Waals surface area contributed by atoms with Gasteiger partial charge in [-0.25, -0.2) is 0 Å². The molecule has 5 rings (SSSR count). The summed E-state index contributed by atoms with van der Waals surface area (Å²) in [7, 11) is 0. The average molecular weight is 410 g/mol. The molecule has 0 aromatic heterocycles. The molecule has 156 valence electrons. The minimum absolute atomic E-state index is 0.00760. The molecule has 2 amide bonds. The van der Waals surface area contributed by atoms with Crippen molar-refractivity contribution in [3.05, 3.63) is 70.8 Å². The number of hydrogen-bond donors (Lipinski definition) is 4. The molecule has 4 bridgehead atoms. The van der Waals surface area contributed by atoms with Crippen LogP contribution >= 0.6 is 0 Å². The van der Waals surface area contributed by atoms with Crippen LogP contribution < -0.4 is 10.6 Å². The number of aliphatic carboxylic acids is 2. The SMILES string of the molecule is CC(=O)O.CC(=O)O.O=C1N[C@H]2c3ccccc3[C@@H]1[C@@H]1NC(=O)[C@H]2c2ccccc21. The normalized spacial score (nSPS) is 24.2. The van der Waals surface area contributed by atoms with E-state index in [1.165, 1.54) is 0 Å². The van der Waals surface area contributed by atoms with Gasteiger partial charge < -0.3 is 20.8 Å². The molecular weight excluding hydrogens is 388 g/mol. The minimum Gasteiger partial charge on any atom is -0.481 e. The van der Waals surface area contributed by atoms with E-state index in [-0.39, 0.29) is 35.7 Å². The second kappa shape index (κ2) is 8.36. The molecule has 2 aromatic rings. The summed E-state index contributed by atoms with van der Waals surface area (Å²) in [5.41, 5.74) is 4.24. The Balaban J connectivity index is 0.000000278. The third-order valence-electron chi connectivity index (χ3n) is 5.16. The van der Waals surface area contributed by atoms with Gasteiger partial charge in [0.25, 0.3) is 11.9 Å². The molecule has 0 radical (unpaired) electrons. The van der Waals surface area contributed by atoms with Gasteiger partial charge >= 0.3 is 0 Å². The molecule has 0 fully saturated rings. The number of carbonyl (C=O) groups excluding carboxylic acids is 2. The van der Waals surface area contributed by atoms with Crippen LogP contribution in [0.5, 0.6) is 0 Å². The van der Waals surface area contributed by atoms with E-state index in [1.807, 2.05) is 48.5 Å². The van der Waals surface area contributed by atoms with Crippen molar-refractivity contribution in [2.75, 3.05) is 0 Å². The topological polar surface area (TPSA) is 133 Å². The van der Waals surface area contributed by atoms with E-state index >= 15 is 0 Å². The number of benzene rings is 2. The van der Waals surface area contributed by atoms with Crippen LogP contribution in [-0.2, 0) is 19.2 Å². The van der Waals surface area contributed by atoms with Crippen LogP contribution in [0.4, 0.5) is 0 Å². The van der Waals surface area contributed by atoms with Gasteiger partial charge in [-0.05, 0) is 22.3 Å². The summed E-state index contributed by atoms with van der Waals surface area (Å²) < 4.78 is 0. The second-order valence-corrected chi connectivity index (χ2v) is 7.22. The van der Waals surface area contributed by atoms with Crippen molar-refractivity contribution in [1.82, 2.24) is 10.6 Å². The number of carboxylic acids is 2. The lowest BCUT2D eigenvalue weighted by Crippen LogP contribution is -2.55. The molecule has 2 aromatic carbocycles. The predicted octanol–water partition coefficient (Wildman–Crippen LogP) is 2.09. The van der Waals surface area contributed by atoms with E-state index < -0.39 is 11.9 Å². The van der Waals surface area contributed by atoms with Crippen molar-refractivity contribution >= 4 is 23.8 Å². The lowest BCUT2D eigenvalue weighted by atomic mass is 9.67. The van der Waals surface area contributed by atoms with Crippen molar-refractivity contribution < 1.29 is 29.4 Å². The van der Waals surface area contributed by atoms with Gasteiger partial charge in [-0.3, -0.25) is 19.2 Å². The van der Waals surface area contributed by atoms with Crippen molar-refractivity contribution in [3.63, 3.8) is 0 Å². The van der Waals surface area contributed by atoms with Crippen molar-refractivity contribution in [2.45, 2.75) is 37.8 Å². The Bertz CT molecular complexity index is 929. The number of fused-ring (bicyclic) bond motifs is 2. The van der Waals surface area contributed by atoms with Gasteiger partial charge in [-0.2, -0.15) is 0 Å². The zero-order chi connectivity index (χ0) is 22.0. The molecule has 3 aliphatic rings. The van der Waals surface area contributed by atoms with Gasteiger partial charge in [0.2, 0.25) is 11.8 Å². The standard InChI is InChI=1S/C18H14N2O2.2C2H4O2/c21-17-13-9-5-1-3-7-11(9)15(19-17)14-10-6-2-4-8-12(10)16(13)20-18(14)22;2*1-2(3)4/h1-8,13-16H,(H,19,21)(H,20,22);2*1H3,(H,3,4)/t13-,14+,15+,16-;;. The van der Waals surface area contributed by atoms with Gasteiger partial charge in [0.05, 0.1) is 23.9 Å². The molecular formula is C22H22N2O6. The number of amides is 2. The summed E-state index contributed by atoms with van der Waals surface area (Å²) in [5, 5.41) is 21.0. The van der Waals surface area contributed by atoms with Gasteiger partial charge in [0, 0.05) is 13.8 Å². The molecule has 0 unspecified atom stereocenters. The zero-order valence-electron chi connectivity index (χ0n) is 16.5. The Labute approximate surface area is 172 Å². The number of carboxylic acid groups (broad SMARTS) is 2. The smallest absolute Gasteiger partial charge is 0.300 e. The van der Waals surface area contributed by atoms with Crippen LogP contribution in [-0.4, -0.2) is 34.0 Å². The highest BCUT2D eigenvalue weighted by atomic mass is 16.4. The maximum atomic E-state index is 12.6. The molecule has 4 N–H and O–H groups in total. The van der Waals surface area contributed by atoms with Gasteiger partial charge in [0.1, 0.15) is 0 Å². The van der Waals surface area contributed by atoms with Gasteiger partial charge in [0.15, 0.2) is 0 Å². The monoisotopic (exact) mass is 410 g/mol. The fourth-order valence-corrected chi connectivity index (χ4v) is 4.27. The lowest BCUT2D eigenvalue weighted by Gasteiger charge is -2.47. The van der Waals surface area contributed by atoms with Crippen molar-refractivity contribution in [3.8, 4) is 0 Å². The minimum atomic E-state index is -0.833. The van der Waals surface area contributed by atoms with Crippen LogP contribution in [0.1, 0.15) is 60.0 Å². The molecule has 4 atom stereocenters. The Kier molecular flexibility index (Phi) is 5.86. The average Bonchev–Trinajstić information content (AvgIpc) is 2.65. The fraction of sp³-hybridized carbons (Fsp3) is 0.273.